The summed E-state index contributed by atoms with van der Waals surface area (Å²) >= 11 is 1.87. The minimum absolute atomic E-state index is 1.19. The quantitative estimate of drug-likeness (QED) is 0.198. The van der Waals surface area contributed by atoms with Gasteiger partial charge in [-0.1, -0.05) is 91.0 Å². The number of aromatic nitrogens is 1. The van der Waals surface area contributed by atoms with Crippen LogP contribution in [0.15, 0.2) is 140 Å². The zero-order valence-corrected chi connectivity index (χ0v) is 22.5. The topological polar surface area (TPSA) is 4.93 Å². The summed E-state index contributed by atoms with van der Waals surface area (Å²) in [7, 11) is 0. The van der Waals surface area contributed by atoms with Gasteiger partial charge in [-0.2, -0.15) is 0 Å². The van der Waals surface area contributed by atoms with Crippen LogP contribution in [0.25, 0.3) is 80.3 Å². The number of fused-ring (bicyclic) bond motifs is 9. The summed E-state index contributed by atoms with van der Waals surface area (Å²) < 4.78 is 5.10. The van der Waals surface area contributed by atoms with Gasteiger partial charge in [0.05, 0.1) is 11.0 Å². The Hall–Kier alpha value is -4.92. The maximum Gasteiger partial charge on any atom is 0.0541 e. The Labute approximate surface area is 235 Å². The lowest BCUT2D eigenvalue weighted by molar-refractivity contribution is 1.19. The molecule has 0 N–H and O–H groups in total. The molecule has 2 heterocycles. The van der Waals surface area contributed by atoms with Crippen molar-refractivity contribution >= 4 is 74.9 Å². The Kier molecular flexibility index (Phi) is 4.55. The molecule has 0 saturated heterocycles. The summed E-state index contributed by atoms with van der Waals surface area (Å²) in [5.41, 5.74) is 6.15. The molecule has 0 atom stereocenters. The predicted molar refractivity (Wildman–Crippen MR) is 174 cm³/mol. The third-order valence-corrected chi connectivity index (χ3v) is 9.52. The van der Waals surface area contributed by atoms with E-state index in [0.717, 1.165) is 0 Å². The van der Waals surface area contributed by atoms with Gasteiger partial charge in [-0.05, 0) is 81.2 Å². The summed E-state index contributed by atoms with van der Waals surface area (Å²) in [5, 5.41) is 10.4. The van der Waals surface area contributed by atoms with Crippen LogP contribution in [-0.2, 0) is 0 Å². The number of nitrogens with zero attached hydrogens (tertiary/aromatic N) is 1. The number of benzene rings is 7. The van der Waals surface area contributed by atoms with Crippen LogP contribution >= 0.6 is 11.3 Å². The highest BCUT2D eigenvalue weighted by atomic mass is 32.1. The van der Waals surface area contributed by atoms with Crippen LogP contribution in [0, 0.1) is 0 Å². The summed E-state index contributed by atoms with van der Waals surface area (Å²) in [4.78, 5) is 0. The van der Waals surface area contributed by atoms with E-state index in [0.29, 0.717) is 0 Å². The molecule has 0 fully saturated rings. The van der Waals surface area contributed by atoms with Gasteiger partial charge in [0.2, 0.25) is 0 Å². The largest absolute Gasteiger partial charge is 0.309 e. The number of rotatable bonds is 2. The van der Waals surface area contributed by atoms with Crippen LogP contribution in [0.2, 0.25) is 0 Å². The summed E-state index contributed by atoms with van der Waals surface area (Å²) in [6, 6.07) is 51.3. The fourth-order valence-corrected chi connectivity index (χ4v) is 7.56. The second-order valence-corrected chi connectivity index (χ2v) is 11.7. The first-order valence-electron chi connectivity index (χ1n) is 13.7. The second-order valence-electron chi connectivity index (χ2n) is 10.6. The highest BCUT2D eigenvalue weighted by Crippen LogP contribution is 2.39. The molecule has 1 nitrogen and oxygen atoms in total. The smallest absolute Gasteiger partial charge is 0.0541 e. The molecule has 0 aliphatic heterocycles. The Morgan fingerprint density at radius 2 is 1.02 bits per heavy atom. The van der Waals surface area contributed by atoms with E-state index in [9.17, 15) is 0 Å². The molecule has 0 unspecified atom stereocenters. The van der Waals surface area contributed by atoms with Gasteiger partial charge in [-0.15, -0.1) is 11.3 Å². The molecule has 0 spiro atoms. The van der Waals surface area contributed by atoms with E-state index in [1.165, 1.54) is 80.3 Å². The Balaban J connectivity index is 1.26. The first-order chi connectivity index (χ1) is 19.8. The fourth-order valence-electron chi connectivity index (χ4n) is 6.48. The molecule has 2 heteroatoms. The van der Waals surface area contributed by atoms with Crippen molar-refractivity contribution in [3.8, 4) is 16.8 Å². The highest BCUT2D eigenvalue weighted by molar-refractivity contribution is 7.25. The van der Waals surface area contributed by atoms with E-state index >= 15 is 0 Å². The van der Waals surface area contributed by atoms with E-state index in [1.807, 2.05) is 11.3 Å². The minimum atomic E-state index is 1.19. The van der Waals surface area contributed by atoms with Gasteiger partial charge in [0.1, 0.15) is 0 Å². The number of hydrogen-bond donors (Lipinski definition) is 0. The van der Waals surface area contributed by atoms with Crippen molar-refractivity contribution < 1.29 is 0 Å². The lowest BCUT2D eigenvalue weighted by Crippen LogP contribution is -1.94. The van der Waals surface area contributed by atoms with Crippen molar-refractivity contribution in [1.29, 1.82) is 0 Å². The van der Waals surface area contributed by atoms with E-state index < -0.39 is 0 Å². The molecular formula is C38H23NS. The first-order valence-corrected chi connectivity index (χ1v) is 14.5. The lowest BCUT2D eigenvalue weighted by atomic mass is 10.0. The molecule has 0 amide bonds. The van der Waals surface area contributed by atoms with E-state index in [-0.39, 0.29) is 0 Å². The van der Waals surface area contributed by atoms with Gasteiger partial charge in [-0.25, -0.2) is 0 Å². The van der Waals surface area contributed by atoms with Crippen molar-refractivity contribution in [2.24, 2.45) is 0 Å². The Morgan fingerprint density at radius 1 is 0.375 bits per heavy atom. The predicted octanol–water partition coefficient (Wildman–Crippen LogP) is 11.1. The number of thiophene rings is 1. The molecule has 7 aromatic carbocycles. The SMILES string of the molecule is c1ccc2c(c1)ccc1cc(-n3c4ccccc4c4cc(-c5ccc6sc7ccccc7c6c5)ccc43)ccc12. The normalized spacial score (nSPS) is 12.0. The summed E-state index contributed by atoms with van der Waals surface area (Å²) in [6.45, 7) is 0. The van der Waals surface area contributed by atoms with E-state index in [2.05, 4.69) is 144 Å². The molecule has 9 aromatic rings. The van der Waals surface area contributed by atoms with Gasteiger partial charge in [0.25, 0.3) is 0 Å². The molecule has 2 aromatic heterocycles. The van der Waals surface area contributed by atoms with Crippen LogP contribution in [0.4, 0.5) is 0 Å². The number of para-hydroxylation sites is 1. The number of hydrogen-bond acceptors (Lipinski definition) is 1. The molecule has 186 valence electrons. The fraction of sp³-hybridized carbons (Fsp3) is 0. The summed E-state index contributed by atoms with van der Waals surface area (Å²) in [5.74, 6) is 0. The zero-order valence-electron chi connectivity index (χ0n) is 21.6. The Bertz CT molecular complexity index is 2440. The van der Waals surface area contributed by atoms with E-state index in [4.69, 9.17) is 0 Å². The molecule has 0 aliphatic rings. The van der Waals surface area contributed by atoms with Crippen molar-refractivity contribution in [2.75, 3.05) is 0 Å². The molecule has 40 heavy (non-hydrogen) atoms. The third-order valence-electron chi connectivity index (χ3n) is 8.37. The average Bonchev–Trinajstić information content (AvgIpc) is 3.55. The Morgan fingerprint density at radius 3 is 1.95 bits per heavy atom. The van der Waals surface area contributed by atoms with Gasteiger partial charge in [0, 0.05) is 36.6 Å². The molecule has 0 saturated carbocycles. The molecule has 9 rings (SSSR count). The molecule has 0 aliphatic carbocycles. The second kappa shape index (κ2) is 8.29. The zero-order chi connectivity index (χ0) is 26.2. The van der Waals surface area contributed by atoms with Gasteiger partial charge >= 0.3 is 0 Å². The van der Waals surface area contributed by atoms with Crippen LogP contribution < -0.4 is 0 Å². The molecular weight excluding hydrogens is 502 g/mol. The monoisotopic (exact) mass is 525 g/mol. The van der Waals surface area contributed by atoms with Crippen LogP contribution in [0.1, 0.15) is 0 Å². The van der Waals surface area contributed by atoms with Crippen molar-refractivity contribution in [2.45, 2.75) is 0 Å². The average molecular weight is 526 g/mol. The van der Waals surface area contributed by atoms with Gasteiger partial charge in [0.15, 0.2) is 0 Å². The van der Waals surface area contributed by atoms with Crippen molar-refractivity contribution in [3.05, 3.63) is 140 Å². The van der Waals surface area contributed by atoms with Crippen LogP contribution in [0.3, 0.4) is 0 Å². The van der Waals surface area contributed by atoms with Gasteiger partial charge in [-0.3, -0.25) is 0 Å². The minimum Gasteiger partial charge on any atom is -0.309 e. The van der Waals surface area contributed by atoms with Crippen molar-refractivity contribution in [3.63, 3.8) is 0 Å². The maximum absolute atomic E-state index is 2.42. The van der Waals surface area contributed by atoms with Gasteiger partial charge < -0.3 is 4.57 Å². The summed E-state index contributed by atoms with van der Waals surface area (Å²) in [6.07, 6.45) is 0. The highest BCUT2D eigenvalue weighted by Gasteiger charge is 2.14. The first kappa shape index (κ1) is 22.0. The standard InChI is InChI=1S/C38H23NS/c1-2-8-29-24(7-1)13-14-27-21-28(17-18-30(27)29)39-35-11-5-3-9-31(35)33-22-25(15-19-36(33)39)26-16-20-38-34(23-26)32-10-4-6-12-37(32)40-38/h1-23H. The van der Waals surface area contributed by atoms with Crippen LogP contribution in [-0.4, -0.2) is 4.57 Å². The van der Waals surface area contributed by atoms with E-state index in [1.54, 1.807) is 0 Å². The van der Waals surface area contributed by atoms with Crippen molar-refractivity contribution in [1.82, 2.24) is 4.57 Å². The lowest BCUT2D eigenvalue weighted by Gasteiger charge is -2.11. The third kappa shape index (κ3) is 3.14. The molecule has 0 bridgehead atoms. The maximum atomic E-state index is 2.42. The molecule has 0 radical (unpaired) electrons. The van der Waals surface area contributed by atoms with Crippen LogP contribution in [0.5, 0.6) is 0 Å².